The summed E-state index contributed by atoms with van der Waals surface area (Å²) in [6.07, 6.45) is 0. The number of aromatic nitrogens is 1. The van der Waals surface area contributed by atoms with Gasteiger partial charge in [-0.15, -0.1) is 11.3 Å². The van der Waals surface area contributed by atoms with Gasteiger partial charge in [-0.05, 0) is 36.4 Å². The van der Waals surface area contributed by atoms with Gasteiger partial charge in [0.05, 0.1) is 26.4 Å². The van der Waals surface area contributed by atoms with E-state index in [1.54, 1.807) is 36.7 Å². The van der Waals surface area contributed by atoms with Gasteiger partial charge in [-0.3, -0.25) is 4.79 Å². The van der Waals surface area contributed by atoms with Crippen molar-refractivity contribution in [3.8, 4) is 0 Å². The highest BCUT2D eigenvalue weighted by atomic mass is 32.2. The number of fused-ring (bicyclic) bond motifs is 1. The van der Waals surface area contributed by atoms with Crippen LogP contribution in [0.4, 0.5) is 5.69 Å². The van der Waals surface area contributed by atoms with Crippen molar-refractivity contribution in [2.75, 3.05) is 11.1 Å². The van der Waals surface area contributed by atoms with Crippen molar-refractivity contribution < 1.29 is 13.2 Å². The smallest absolute Gasteiger partial charge is 0.255 e. The second-order valence-electron chi connectivity index (χ2n) is 4.92. The summed E-state index contributed by atoms with van der Waals surface area (Å²) >= 11 is 1.53. The zero-order valence-electron chi connectivity index (χ0n) is 12.3. The lowest BCUT2D eigenvalue weighted by atomic mass is 10.2. The van der Waals surface area contributed by atoms with Crippen molar-refractivity contribution in [1.29, 1.82) is 0 Å². The number of benzene rings is 2. The van der Waals surface area contributed by atoms with Crippen molar-refractivity contribution in [3.63, 3.8) is 0 Å². The predicted molar refractivity (Wildman–Crippen MR) is 91.7 cm³/mol. The molecule has 1 amide bonds. The Bertz CT molecular complexity index is 978. The highest BCUT2D eigenvalue weighted by Gasteiger charge is 2.14. The molecule has 0 saturated heterocycles. The van der Waals surface area contributed by atoms with Gasteiger partial charge in [0, 0.05) is 11.3 Å². The van der Waals surface area contributed by atoms with E-state index < -0.39 is 9.84 Å². The Hall–Kier alpha value is -2.25. The van der Waals surface area contributed by atoms with E-state index in [2.05, 4.69) is 10.3 Å². The summed E-state index contributed by atoms with van der Waals surface area (Å²) in [6, 6.07) is 11.5. The van der Waals surface area contributed by atoms with Gasteiger partial charge in [0.2, 0.25) is 0 Å². The Labute approximate surface area is 137 Å². The molecule has 118 valence electrons. The quantitative estimate of drug-likeness (QED) is 0.786. The van der Waals surface area contributed by atoms with Crippen molar-refractivity contribution in [3.05, 3.63) is 53.5 Å². The van der Waals surface area contributed by atoms with E-state index in [-0.39, 0.29) is 16.6 Å². The van der Waals surface area contributed by atoms with Crippen LogP contribution in [0.5, 0.6) is 0 Å². The fourth-order valence-corrected chi connectivity index (χ4v) is 3.72. The second kappa shape index (κ2) is 6.10. The zero-order valence-corrected chi connectivity index (χ0v) is 13.9. The molecule has 0 bridgehead atoms. The lowest BCUT2D eigenvalue weighted by Crippen LogP contribution is -2.13. The minimum Gasteiger partial charge on any atom is -0.322 e. The monoisotopic (exact) mass is 346 g/mol. The highest BCUT2D eigenvalue weighted by Crippen LogP contribution is 2.22. The first-order chi connectivity index (χ1) is 11.0. The molecule has 0 aliphatic rings. The molecule has 5 nitrogen and oxygen atoms in total. The first-order valence-corrected chi connectivity index (χ1v) is 9.50. The third-order valence-corrected chi connectivity index (χ3v) is 5.97. The number of nitrogens with one attached hydrogen (secondary N) is 1. The number of nitrogens with zero attached hydrogens (tertiary/aromatic N) is 1. The molecular weight excluding hydrogens is 332 g/mol. The number of sulfone groups is 1. The van der Waals surface area contributed by atoms with Gasteiger partial charge < -0.3 is 5.32 Å². The molecule has 0 unspecified atom stereocenters. The van der Waals surface area contributed by atoms with E-state index in [0.29, 0.717) is 11.3 Å². The standard InChI is InChI=1S/C16H14N2O3S2/c1-2-23(20,21)13-5-3-4-11(8-13)16(19)18-12-6-7-15-14(9-12)17-10-22-15/h3-10H,2H2,1H3,(H,18,19). The summed E-state index contributed by atoms with van der Waals surface area (Å²) in [7, 11) is -3.34. The summed E-state index contributed by atoms with van der Waals surface area (Å²) in [6.45, 7) is 1.57. The normalized spacial score (nSPS) is 11.5. The van der Waals surface area contributed by atoms with Crippen LogP contribution >= 0.6 is 11.3 Å². The van der Waals surface area contributed by atoms with Gasteiger partial charge in [-0.2, -0.15) is 0 Å². The van der Waals surface area contributed by atoms with Gasteiger partial charge in [-0.25, -0.2) is 13.4 Å². The van der Waals surface area contributed by atoms with Crippen LogP contribution in [-0.2, 0) is 9.84 Å². The Morgan fingerprint density at radius 2 is 2.04 bits per heavy atom. The number of thiazole rings is 1. The molecule has 3 aromatic rings. The molecule has 0 saturated carbocycles. The molecule has 2 aromatic carbocycles. The number of hydrogen-bond acceptors (Lipinski definition) is 5. The molecule has 0 atom stereocenters. The van der Waals surface area contributed by atoms with Crippen molar-refractivity contribution in [2.24, 2.45) is 0 Å². The van der Waals surface area contributed by atoms with E-state index in [1.807, 2.05) is 6.07 Å². The fourth-order valence-electron chi connectivity index (χ4n) is 2.14. The van der Waals surface area contributed by atoms with E-state index >= 15 is 0 Å². The average Bonchev–Trinajstić information content (AvgIpc) is 3.02. The van der Waals surface area contributed by atoms with E-state index in [0.717, 1.165) is 10.2 Å². The van der Waals surface area contributed by atoms with Crippen LogP contribution in [0.3, 0.4) is 0 Å². The molecule has 0 aliphatic heterocycles. The minimum atomic E-state index is -3.34. The topological polar surface area (TPSA) is 76.1 Å². The van der Waals surface area contributed by atoms with E-state index in [1.165, 1.54) is 23.5 Å². The van der Waals surface area contributed by atoms with Gasteiger partial charge in [0.1, 0.15) is 0 Å². The molecule has 0 aliphatic carbocycles. The van der Waals surface area contributed by atoms with Crippen LogP contribution in [0.1, 0.15) is 17.3 Å². The molecule has 1 heterocycles. The molecular formula is C16H14N2O3S2. The Morgan fingerprint density at radius 1 is 1.22 bits per heavy atom. The number of hydrogen-bond donors (Lipinski definition) is 1. The number of anilines is 1. The molecule has 7 heteroatoms. The summed E-state index contributed by atoms with van der Waals surface area (Å²) in [5.41, 5.74) is 3.49. The lowest BCUT2D eigenvalue weighted by molar-refractivity contribution is 0.102. The maximum Gasteiger partial charge on any atom is 0.255 e. The van der Waals surface area contributed by atoms with Crippen LogP contribution in [0, 0.1) is 0 Å². The maximum atomic E-state index is 12.3. The lowest BCUT2D eigenvalue weighted by Gasteiger charge is -2.07. The number of rotatable bonds is 4. The average molecular weight is 346 g/mol. The van der Waals surface area contributed by atoms with Crippen molar-refractivity contribution in [2.45, 2.75) is 11.8 Å². The number of carbonyl (C=O) groups is 1. The van der Waals surface area contributed by atoms with E-state index in [9.17, 15) is 13.2 Å². The molecule has 0 radical (unpaired) electrons. The summed E-state index contributed by atoms with van der Waals surface area (Å²) in [5, 5.41) is 2.77. The summed E-state index contributed by atoms with van der Waals surface area (Å²) in [4.78, 5) is 16.7. The van der Waals surface area contributed by atoms with Crippen LogP contribution in [-0.4, -0.2) is 25.1 Å². The number of amides is 1. The third-order valence-electron chi connectivity index (χ3n) is 3.42. The summed E-state index contributed by atoms with van der Waals surface area (Å²) in [5.74, 6) is -0.355. The molecule has 1 aromatic heterocycles. The molecule has 23 heavy (non-hydrogen) atoms. The Balaban J connectivity index is 1.87. The molecule has 1 N–H and O–H groups in total. The highest BCUT2D eigenvalue weighted by molar-refractivity contribution is 7.91. The van der Waals surface area contributed by atoms with Gasteiger partial charge >= 0.3 is 0 Å². The van der Waals surface area contributed by atoms with Gasteiger partial charge in [0.15, 0.2) is 9.84 Å². The Morgan fingerprint density at radius 3 is 2.83 bits per heavy atom. The third kappa shape index (κ3) is 3.25. The van der Waals surface area contributed by atoms with Crippen LogP contribution < -0.4 is 5.32 Å². The van der Waals surface area contributed by atoms with Gasteiger partial charge in [0.25, 0.3) is 5.91 Å². The van der Waals surface area contributed by atoms with E-state index in [4.69, 9.17) is 0 Å². The Kier molecular flexibility index (Phi) is 4.14. The largest absolute Gasteiger partial charge is 0.322 e. The number of carbonyl (C=O) groups excluding carboxylic acids is 1. The van der Waals surface area contributed by atoms with Crippen molar-refractivity contribution in [1.82, 2.24) is 4.98 Å². The molecule has 3 rings (SSSR count). The fraction of sp³-hybridized carbons (Fsp3) is 0.125. The van der Waals surface area contributed by atoms with Crippen LogP contribution in [0.25, 0.3) is 10.2 Å². The maximum absolute atomic E-state index is 12.3. The van der Waals surface area contributed by atoms with Gasteiger partial charge in [-0.1, -0.05) is 13.0 Å². The molecule has 0 fully saturated rings. The molecule has 0 spiro atoms. The zero-order chi connectivity index (χ0) is 16.4. The first kappa shape index (κ1) is 15.6. The minimum absolute atomic E-state index is 0.00142. The van der Waals surface area contributed by atoms with Crippen molar-refractivity contribution >= 4 is 43.0 Å². The second-order valence-corrected chi connectivity index (χ2v) is 8.08. The van der Waals surface area contributed by atoms with Crippen LogP contribution in [0.2, 0.25) is 0 Å². The predicted octanol–water partition coefficient (Wildman–Crippen LogP) is 3.34. The first-order valence-electron chi connectivity index (χ1n) is 6.97. The SMILES string of the molecule is CCS(=O)(=O)c1cccc(C(=O)Nc2ccc3scnc3c2)c1. The summed E-state index contributed by atoms with van der Waals surface area (Å²) < 4.78 is 24.9. The van der Waals surface area contributed by atoms with Crippen LogP contribution in [0.15, 0.2) is 52.9 Å².